The lowest BCUT2D eigenvalue weighted by Crippen LogP contribution is -2.33. The zero-order valence-corrected chi connectivity index (χ0v) is 9.49. The Balaban J connectivity index is 3.03. The van der Waals surface area contributed by atoms with Gasteiger partial charge in [0.25, 0.3) is 0 Å². The quantitative estimate of drug-likeness (QED) is 0.458. The Morgan fingerprint density at radius 1 is 1.67 bits per heavy atom. The summed E-state index contributed by atoms with van der Waals surface area (Å²) in [6, 6.07) is 5.56. The lowest BCUT2D eigenvalue weighted by molar-refractivity contribution is -0.909. The van der Waals surface area contributed by atoms with Crippen LogP contribution in [-0.4, -0.2) is 15.7 Å². The Hall–Kier alpha value is -1.54. The molecule has 0 amide bonds. The van der Waals surface area contributed by atoms with Crippen LogP contribution in [0.5, 0.6) is 0 Å². The first-order valence-electron chi connectivity index (χ1n) is 4.29. The van der Waals surface area contributed by atoms with Crippen LogP contribution in [0.2, 0.25) is 0 Å². The van der Waals surface area contributed by atoms with Gasteiger partial charge in [0, 0.05) is 35.6 Å². The molecule has 0 aliphatic rings. The molecule has 15 heavy (non-hydrogen) atoms. The van der Waals surface area contributed by atoms with Crippen molar-refractivity contribution in [2.24, 2.45) is 4.36 Å². The van der Waals surface area contributed by atoms with Crippen molar-refractivity contribution in [3.63, 3.8) is 0 Å². The first-order valence-corrected chi connectivity index (χ1v) is 6.39. The minimum Gasteiger partial charge on any atom is -0.285 e. The van der Waals surface area contributed by atoms with E-state index < -0.39 is 9.73 Å². The molecule has 5 heteroatoms. The van der Waals surface area contributed by atoms with E-state index >= 15 is 0 Å². The van der Waals surface area contributed by atoms with Crippen molar-refractivity contribution >= 4 is 9.73 Å². The first kappa shape index (κ1) is 11.5. The zero-order valence-electron chi connectivity index (χ0n) is 8.67. The van der Waals surface area contributed by atoms with Crippen LogP contribution in [0.1, 0.15) is 11.3 Å². The number of terminal acetylenes is 1. The van der Waals surface area contributed by atoms with Gasteiger partial charge in [0.1, 0.15) is 0 Å². The summed E-state index contributed by atoms with van der Waals surface area (Å²) in [5, 5.41) is 9.38. The van der Waals surface area contributed by atoms with Gasteiger partial charge in [0.15, 0.2) is 0 Å². The van der Waals surface area contributed by atoms with Crippen molar-refractivity contribution < 1.29 is 14.1 Å². The van der Waals surface area contributed by atoms with Gasteiger partial charge in [0.05, 0.1) is 15.5 Å². The van der Waals surface area contributed by atoms with Crippen LogP contribution in [-0.2, 0) is 15.5 Å². The smallest absolute Gasteiger partial charge is 0.231 e. The average molecular weight is 225 g/mol. The summed E-state index contributed by atoms with van der Waals surface area (Å²) in [5.41, 5.74) is 1.44. The predicted octanol–water partition coefficient (Wildman–Crippen LogP) is 0.708. The molecule has 1 unspecified atom stereocenters. The molecule has 1 rings (SSSR count). The maximum absolute atomic E-state index is 11.8. The highest BCUT2D eigenvalue weighted by Gasteiger charge is 2.10. The van der Waals surface area contributed by atoms with E-state index in [1.54, 1.807) is 19.1 Å². The predicted molar refractivity (Wildman–Crippen MR) is 57.6 cm³/mol. The summed E-state index contributed by atoms with van der Waals surface area (Å²) < 4.78 is 16.3. The minimum atomic E-state index is -2.40. The molecular weight excluding hydrogens is 212 g/mol. The summed E-state index contributed by atoms with van der Waals surface area (Å²) in [6.07, 6.45) is 7.97. The second kappa shape index (κ2) is 4.32. The van der Waals surface area contributed by atoms with E-state index in [0.717, 1.165) is 10.3 Å². The van der Waals surface area contributed by atoms with E-state index in [4.69, 9.17) is 6.42 Å². The number of nitrogens with zero attached hydrogens (tertiary/aromatic N) is 2. The molecule has 1 N–H and O–H groups in total. The molecule has 1 heterocycles. The van der Waals surface area contributed by atoms with E-state index in [1.165, 1.54) is 12.5 Å². The van der Waals surface area contributed by atoms with Crippen molar-refractivity contribution in [1.82, 2.24) is 0 Å². The Kier molecular flexibility index (Phi) is 3.32. The van der Waals surface area contributed by atoms with Crippen molar-refractivity contribution in [2.75, 3.05) is 6.26 Å². The van der Waals surface area contributed by atoms with Gasteiger partial charge in [0.2, 0.25) is 11.9 Å². The van der Waals surface area contributed by atoms with E-state index in [0.29, 0.717) is 5.69 Å². The zero-order chi connectivity index (χ0) is 11.5. The highest BCUT2D eigenvalue weighted by molar-refractivity contribution is 7.92. The number of hydrogen-bond acceptors (Lipinski definition) is 3. The van der Waals surface area contributed by atoms with Crippen molar-refractivity contribution in [1.29, 1.82) is 0 Å². The van der Waals surface area contributed by atoms with Crippen LogP contribution in [0, 0.1) is 19.4 Å². The molecule has 0 aliphatic carbocycles. The molecule has 1 aromatic heterocycles. The summed E-state index contributed by atoms with van der Waals surface area (Å²) in [6.45, 7) is 1.76. The maximum atomic E-state index is 11.8. The summed E-state index contributed by atoms with van der Waals surface area (Å²) in [5.74, 6) is 0.234. The Morgan fingerprint density at radius 2 is 2.33 bits per heavy atom. The summed E-state index contributed by atoms with van der Waals surface area (Å²) >= 11 is 0. The number of aromatic nitrogens is 1. The lowest BCUT2D eigenvalue weighted by Gasteiger charge is -2.00. The second-order valence-electron chi connectivity index (χ2n) is 3.35. The fraction of sp³-hybridized carbons (Fsp3) is 0.300. The SMILES string of the molecule is C#CN=S(C)(=O)Cc1ccc(C)[n+](O)c1. The molecule has 0 aliphatic heterocycles. The van der Waals surface area contributed by atoms with Crippen LogP contribution in [0.4, 0.5) is 0 Å². The first-order chi connectivity index (χ1) is 6.94. The van der Waals surface area contributed by atoms with E-state index in [9.17, 15) is 9.42 Å². The van der Waals surface area contributed by atoms with E-state index in [2.05, 4.69) is 4.36 Å². The molecule has 4 nitrogen and oxygen atoms in total. The van der Waals surface area contributed by atoms with Crippen LogP contribution >= 0.6 is 0 Å². The summed E-state index contributed by atoms with van der Waals surface area (Å²) in [4.78, 5) is 0. The molecule has 0 bridgehead atoms. The molecule has 1 aromatic rings. The van der Waals surface area contributed by atoms with Gasteiger partial charge in [-0.1, -0.05) is 6.42 Å². The normalized spacial score (nSPS) is 13.9. The standard InChI is InChI=1S/C10H13N2O2S/c1-4-11-15(3,14)8-10-6-5-9(2)12(13)7-10/h1,5-7,13H,8H2,2-3H3/q+1. The van der Waals surface area contributed by atoms with Crippen LogP contribution in [0.15, 0.2) is 22.7 Å². The van der Waals surface area contributed by atoms with E-state index in [-0.39, 0.29) is 5.75 Å². The molecule has 1 atom stereocenters. The molecule has 0 saturated carbocycles. The molecule has 80 valence electrons. The van der Waals surface area contributed by atoms with Gasteiger partial charge in [-0.25, -0.2) is 4.21 Å². The lowest BCUT2D eigenvalue weighted by atomic mass is 10.3. The van der Waals surface area contributed by atoms with Gasteiger partial charge < -0.3 is 0 Å². The topological polar surface area (TPSA) is 53.5 Å². The highest BCUT2D eigenvalue weighted by Crippen LogP contribution is 2.05. The molecule has 0 fully saturated rings. The average Bonchev–Trinajstić information content (AvgIpc) is 2.10. The third kappa shape index (κ3) is 3.26. The maximum Gasteiger partial charge on any atom is 0.231 e. The largest absolute Gasteiger partial charge is 0.285 e. The van der Waals surface area contributed by atoms with E-state index in [1.807, 2.05) is 6.04 Å². The van der Waals surface area contributed by atoms with Gasteiger partial charge in [-0.05, 0) is 6.07 Å². The van der Waals surface area contributed by atoms with Crippen molar-refractivity contribution in [3.05, 3.63) is 29.6 Å². The molecule has 0 aromatic carbocycles. The monoisotopic (exact) mass is 225 g/mol. The van der Waals surface area contributed by atoms with Crippen LogP contribution < -0.4 is 4.73 Å². The number of rotatable bonds is 2. The minimum absolute atomic E-state index is 0.234. The number of hydrogen-bond donors (Lipinski definition) is 1. The second-order valence-corrected chi connectivity index (χ2v) is 5.74. The molecule has 0 spiro atoms. The Morgan fingerprint density at radius 3 is 2.87 bits per heavy atom. The fourth-order valence-corrected chi connectivity index (χ4v) is 2.22. The van der Waals surface area contributed by atoms with Gasteiger partial charge in [-0.3, -0.25) is 5.21 Å². The van der Waals surface area contributed by atoms with Gasteiger partial charge in [-0.2, -0.15) is 0 Å². The van der Waals surface area contributed by atoms with Crippen molar-refractivity contribution in [3.8, 4) is 12.5 Å². The van der Waals surface area contributed by atoms with Crippen molar-refractivity contribution in [2.45, 2.75) is 12.7 Å². The highest BCUT2D eigenvalue weighted by atomic mass is 32.2. The van der Waals surface area contributed by atoms with Crippen LogP contribution in [0.25, 0.3) is 0 Å². The van der Waals surface area contributed by atoms with Crippen LogP contribution in [0.3, 0.4) is 0 Å². The Labute approximate surface area is 89.7 Å². The summed E-state index contributed by atoms with van der Waals surface area (Å²) in [7, 11) is -2.40. The number of pyridine rings is 1. The fourth-order valence-electron chi connectivity index (χ4n) is 1.14. The third-order valence-corrected chi connectivity index (χ3v) is 3.23. The van der Waals surface area contributed by atoms with Gasteiger partial charge in [-0.15, -0.1) is 4.36 Å². The molecule has 0 saturated heterocycles. The molecular formula is C10H13N2O2S+. The molecule has 0 radical (unpaired) electrons. The number of aryl methyl sites for hydroxylation is 1. The Bertz CT molecular complexity index is 523. The van der Waals surface area contributed by atoms with Gasteiger partial charge >= 0.3 is 0 Å². The third-order valence-electron chi connectivity index (χ3n) is 1.87.